The van der Waals surface area contributed by atoms with Gasteiger partial charge in [-0.1, -0.05) is 0 Å². The minimum absolute atomic E-state index is 0.0123. The van der Waals surface area contributed by atoms with E-state index < -0.39 is 10.0 Å². The van der Waals surface area contributed by atoms with Gasteiger partial charge in [0.25, 0.3) is 0 Å². The lowest BCUT2D eigenvalue weighted by Crippen LogP contribution is -2.29. The molecule has 0 saturated carbocycles. The van der Waals surface area contributed by atoms with E-state index in [-0.39, 0.29) is 17.4 Å². The Morgan fingerprint density at radius 1 is 1.53 bits per heavy atom. The van der Waals surface area contributed by atoms with E-state index in [1.165, 1.54) is 22.5 Å². The first-order valence-corrected chi connectivity index (χ1v) is 7.55. The molecule has 0 amide bonds. The van der Waals surface area contributed by atoms with Crippen molar-refractivity contribution >= 4 is 10.0 Å². The molecule has 1 aliphatic heterocycles. The topological polar surface area (TPSA) is 81.4 Å². The fourth-order valence-electron chi connectivity index (χ4n) is 2.24. The van der Waals surface area contributed by atoms with Gasteiger partial charge < -0.3 is 5.11 Å². The van der Waals surface area contributed by atoms with Crippen LogP contribution in [0.5, 0.6) is 0 Å². The van der Waals surface area contributed by atoms with Gasteiger partial charge in [-0.05, 0) is 43.0 Å². The average Bonchev–Trinajstić information content (AvgIpc) is 2.88. The Kier molecular flexibility index (Phi) is 3.90. The summed E-state index contributed by atoms with van der Waals surface area (Å²) in [4.78, 5) is 0.211. The average molecular weight is 280 g/mol. The van der Waals surface area contributed by atoms with Crippen LogP contribution in [0, 0.1) is 24.2 Å². The molecule has 6 heteroatoms. The molecule has 0 aromatic heterocycles. The van der Waals surface area contributed by atoms with Crippen LogP contribution in [-0.2, 0) is 10.0 Å². The number of sulfonamides is 1. The van der Waals surface area contributed by atoms with Crippen molar-refractivity contribution < 1.29 is 13.5 Å². The van der Waals surface area contributed by atoms with Crippen LogP contribution in [-0.4, -0.2) is 37.5 Å². The summed E-state index contributed by atoms with van der Waals surface area (Å²) in [6, 6.07) is 6.54. The largest absolute Gasteiger partial charge is 0.396 e. The molecule has 2 rings (SSSR count). The Labute approximate surface area is 113 Å². The maximum Gasteiger partial charge on any atom is 0.243 e. The summed E-state index contributed by atoms with van der Waals surface area (Å²) >= 11 is 0. The summed E-state index contributed by atoms with van der Waals surface area (Å²) < 4.78 is 26.2. The smallest absolute Gasteiger partial charge is 0.243 e. The molecular weight excluding hydrogens is 264 g/mol. The summed E-state index contributed by atoms with van der Waals surface area (Å²) in [7, 11) is -3.52. The minimum atomic E-state index is -3.52. The third kappa shape index (κ3) is 2.63. The van der Waals surface area contributed by atoms with Crippen LogP contribution >= 0.6 is 0 Å². The van der Waals surface area contributed by atoms with Gasteiger partial charge in [-0.15, -0.1) is 0 Å². The van der Waals surface area contributed by atoms with Crippen molar-refractivity contribution in [3.63, 3.8) is 0 Å². The summed E-state index contributed by atoms with van der Waals surface area (Å²) in [6.45, 7) is 2.53. The van der Waals surface area contributed by atoms with Crippen LogP contribution in [0.4, 0.5) is 0 Å². The molecule has 1 fully saturated rings. The van der Waals surface area contributed by atoms with Gasteiger partial charge in [0.1, 0.15) is 0 Å². The second-order valence-electron chi connectivity index (χ2n) is 4.79. The third-order valence-corrected chi connectivity index (χ3v) is 5.32. The molecule has 1 aliphatic rings. The second-order valence-corrected chi connectivity index (χ2v) is 6.73. The molecule has 1 saturated heterocycles. The van der Waals surface area contributed by atoms with Crippen LogP contribution in [0.3, 0.4) is 0 Å². The van der Waals surface area contributed by atoms with Crippen molar-refractivity contribution in [3.8, 4) is 6.07 Å². The lowest BCUT2D eigenvalue weighted by Gasteiger charge is -2.16. The minimum Gasteiger partial charge on any atom is -0.396 e. The fourth-order valence-corrected chi connectivity index (χ4v) is 3.85. The van der Waals surface area contributed by atoms with E-state index in [0.29, 0.717) is 30.6 Å². The highest BCUT2D eigenvalue weighted by Crippen LogP contribution is 2.25. The van der Waals surface area contributed by atoms with Gasteiger partial charge in [0.2, 0.25) is 10.0 Å². The van der Waals surface area contributed by atoms with E-state index in [9.17, 15) is 8.42 Å². The number of nitrogens with zero attached hydrogens (tertiary/aromatic N) is 2. The standard InChI is InChI=1S/C13H16N2O3S/c1-10-6-13(3-2-12(10)7-14)19(17,18)15-5-4-11(8-15)9-16/h2-3,6,11,16H,4-5,8-9H2,1H3. The van der Waals surface area contributed by atoms with Crippen LogP contribution in [0.25, 0.3) is 0 Å². The van der Waals surface area contributed by atoms with E-state index >= 15 is 0 Å². The summed E-state index contributed by atoms with van der Waals surface area (Å²) in [5, 5.41) is 17.9. The van der Waals surface area contributed by atoms with Crippen LogP contribution in [0.15, 0.2) is 23.1 Å². The Bertz CT molecular complexity index is 619. The summed E-state index contributed by atoms with van der Waals surface area (Å²) in [6.07, 6.45) is 0.686. The SMILES string of the molecule is Cc1cc(S(=O)(=O)N2CCC(CO)C2)ccc1C#N. The molecular formula is C13H16N2O3S. The third-order valence-electron chi connectivity index (χ3n) is 3.46. The summed E-state index contributed by atoms with van der Waals surface area (Å²) in [5.74, 6) is 0.0225. The van der Waals surface area contributed by atoms with Gasteiger partial charge in [0.05, 0.1) is 16.5 Å². The van der Waals surface area contributed by atoms with E-state index in [0.717, 1.165) is 0 Å². The zero-order valence-electron chi connectivity index (χ0n) is 10.7. The molecule has 5 nitrogen and oxygen atoms in total. The lowest BCUT2D eigenvalue weighted by atomic mass is 10.1. The van der Waals surface area contributed by atoms with Gasteiger partial charge in [-0.2, -0.15) is 9.57 Å². The number of aryl methyl sites for hydroxylation is 1. The van der Waals surface area contributed by atoms with E-state index in [2.05, 4.69) is 0 Å². The Balaban J connectivity index is 2.31. The first kappa shape index (κ1) is 14.0. The Hall–Kier alpha value is -1.42. The molecule has 1 unspecified atom stereocenters. The van der Waals surface area contributed by atoms with Crippen LogP contribution < -0.4 is 0 Å². The quantitative estimate of drug-likeness (QED) is 0.890. The van der Waals surface area contributed by atoms with Crippen molar-refractivity contribution in [1.82, 2.24) is 4.31 Å². The number of hydrogen-bond donors (Lipinski definition) is 1. The van der Waals surface area contributed by atoms with Gasteiger partial charge in [0, 0.05) is 19.7 Å². The van der Waals surface area contributed by atoms with E-state index in [4.69, 9.17) is 10.4 Å². The maximum atomic E-state index is 12.4. The molecule has 1 aromatic rings. The predicted octanol–water partition coefficient (Wildman–Crippen LogP) is 0.870. The number of hydrogen-bond acceptors (Lipinski definition) is 4. The predicted molar refractivity (Wildman–Crippen MR) is 69.8 cm³/mol. The van der Waals surface area contributed by atoms with Crippen molar-refractivity contribution in [1.29, 1.82) is 5.26 Å². The van der Waals surface area contributed by atoms with Crippen molar-refractivity contribution in [2.45, 2.75) is 18.2 Å². The van der Waals surface area contributed by atoms with E-state index in [1.807, 2.05) is 6.07 Å². The normalized spacial score (nSPS) is 20.4. The molecule has 102 valence electrons. The van der Waals surface area contributed by atoms with Gasteiger partial charge in [-0.3, -0.25) is 0 Å². The van der Waals surface area contributed by atoms with Crippen LogP contribution in [0.1, 0.15) is 17.5 Å². The number of aliphatic hydroxyl groups is 1. The van der Waals surface area contributed by atoms with E-state index in [1.54, 1.807) is 6.92 Å². The van der Waals surface area contributed by atoms with Gasteiger partial charge in [0.15, 0.2) is 0 Å². The van der Waals surface area contributed by atoms with Gasteiger partial charge >= 0.3 is 0 Å². The molecule has 1 heterocycles. The monoisotopic (exact) mass is 280 g/mol. The number of rotatable bonds is 3. The molecule has 1 atom stereocenters. The Morgan fingerprint density at radius 2 is 2.26 bits per heavy atom. The molecule has 0 aliphatic carbocycles. The van der Waals surface area contributed by atoms with Crippen molar-refractivity contribution in [3.05, 3.63) is 29.3 Å². The molecule has 0 bridgehead atoms. The highest BCUT2D eigenvalue weighted by Gasteiger charge is 2.32. The molecule has 0 spiro atoms. The fraction of sp³-hybridized carbons (Fsp3) is 0.462. The van der Waals surface area contributed by atoms with Gasteiger partial charge in [-0.25, -0.2) is 8.42 Å². The highest BCUT2D eigenvalue weighted by molar-refractivity contribution is 7.89. The van der Waals surface area contributed by atoms with Crippen molar-refractivity contribution in [2.24, 2.45) is 5.92 Å². The molecule has 1 aromatic carbocycles. The molecule has 19 heavy (non-hydrogen) atoms. The van der Waals surface area contributed by atoms with Crippen molar-refractivity contribution in [2.75, 3.05) is 19.7 Å². The first-order valence-electron chi connectivity index (χ1n) is 6.11. The number of nitriles is 1. The number of benzene rings is 1. The molecule has 0 radical (unpaired) electrons. The Morgan fingerprint density at radius 3 is 2.79 bits per heavy atom. The van der Waals surface area contributed by atoms with Crippen LogP contribution in [0.2, 0.25) is 0 Å². The molecule has 1 N–H and O–H groups in total. The first-order chi connectivity index (χ1) is 8.98. The zero-order valence-corrected chi connectivity index (χ0v) is 11.5. The highest BCUT2D eigenvalue weighted by atomic mass is 32.2. The lowest BCUT2D eigenvalue weighted by molar-refractivity contribution is 0.233. The second kappa shape index (κ2) is 5.29. The zero-order chi connectivity index (χ0) is 14.0. The maximum absolute atomic E-state index is 12.4. The summed E-state index contributed by atoms with van der Waals surface area (Å²) in [5.41, 5.74) is 1.13. The number of aliphatic hydroxyl groups excluding tert-OH is 1.